The van der Waals surface area contributed by atoms with Gasteiger partial charge in [-0.15, -0.1) is 0 Å². The van der Waals surface area contributed by atoms with E-state index in [0.717, 1.165) is 16.3 Å². The number of thiazole rings is 1. The number of carbonyl (C=O) groups is 1. The Morgan fingerprint density at radius 2 is 1.73 bits per heavy atom. The van der Waals surface area contributed by atoms with Gasteiger partial charge in [-0.3, -0.25) is 10.1 Å². The van der Waals surface area contributed by atoms with E-state index in [1.54, 1.807) is 12.1 Å². The molecule has 0 aliphatic rings. The number of nitrogens with one attached hydrogen (secondary N) is 3. The van der Waals surface area contributed by atoms with Crippen molar-refractivity contribution in [3.05, 3.63) is 71.8 Å². The number of aromatic amines is 1. The van der Waals surface area contributed by atoms with Gasteiger partial charge in [-0.25, -0.2) is 9.97 Å². The van der Waals surface area contributed by atoms with Crippen molar-refractivity contribution in [3.63, 3.8) is 0 Å². The number of para-hydroxylation sites is 2. The van der Waals surface area contributed by atoms with E-state index in [9.17, 15) is 18.0 Å². The molecule has 0 saturated heterocycles. The summed E-state index contributed by atoms with van der Waals surface area (Å²) in [5.41, 5.74) is 1.99. The van der Waals surface area contributed by atoms with Crippen molar-refractivity contribution in [2.24, 2.45) is 0 Å². The zero-order valence-corrected chi connectivity index (χ0v) is 20.8. The van der Waals surface area contributed by atoms with Crippen LogP contribution in [0.4, 0.5) is 35.6 Å². The van der Waals surface area contributed by atoms with E-state index >= 15 is 0 Å². The minimum Gasteiger partial charge on any atom is -0.371 e. The van der Waals surface area contributed by atoms with Gasteiger partial charge in [0.1, 0.15) is 0 Å². The van der Waals surface area contributed by atoms with Crippen molar-refractivity contribution in [3.8, 4) is 0 Å². The summed E-state index contributed by atoms with van der Waals surface area (Å²) in [7, 11) is 0. The molecular weight excluding hydrogens is 501 g/mol. The first-order valence-electron chi connectivity index (χ1n) is 11.7. The number of hydrogen-bond donors (Lipinski definition) is 3. The largest absolute Gasteiger partial charge is 0.418 e. The molecule has 0 saturated carbocycles. The molecule has 0 spiro atoms. The predicted octanol–water partition coefficient (Wildman–Crippen LogP) is 7.03. The number of H-pyrrole nitrogens is 1. The fourth-order valence-electron chi connectivity index (χ4n) is 4.17. The molecule has 11 heteroatoms. The molecule has 37 heavy (non-hydrogen) atoms. The van der Waals surface area contributed by atoms with Gasteiger partial charge in [-0.05, 0) is 50.2 Å². The maximum absolute atomic E-state index is 13.4. The summed E-state index contributed by atoms with van der Waals surface area (Å²) in [6.45, 7) is 5.27. The lowest BCUT2D eigenvalue weighted by Crippen LogP contribution is -2.25. The van der Waals surface area contributed by atoms with Crippen molar-refractivity contribution in [1.29, 1.82) is 0 Å². The van der Waals surface area contributed by atoms with Gasteiger partial charge in [-0.2, -0.15) is 13.2 Å². The highest BCUT2D eigenvalue weighted by atomic mass is 32.1. The molecule has 0 fully saturated rings. The van der Waals surface area contributed by atoms with Crippen LogP contribution < -0.4 is 15.5 Å². The van der Waals surface area contributed by atoms with E-state index in [0.29, 0.717) is 40.5 Å². The lowest BCUT2D eigenvalue weighted by atomic mass is 10.1. The zero-order chi connectivity index (χ0) is 26.2. The summed E-state index contributed by atoms with van der Waals surface area (Å²) in [6, 6.07) is 16.2. The number of rotatable bonds is 7. The summed E-state index contributed by atoms with van der Waals surface area (Å²) >= 11 is 1.38. The molecule has 190 valence electrons. The Morgan fingerprint density at radius 1 is 1.00 bits per heavy atom. The molecule has 2 aromatic heterocycles. The molecule has 5 rings (SSSR count). The molecule has 0 aliphatic heterocycles. The van der Waals surface area contributed by atoms with Gasteiger partial charge in [0.15, 0.2) is 5.13 Å². The standard InChI is InChI=1S/C26H23F3N6OS/c1-3-35(4-2)21-14-20-19(31-24(32-20)30-17-10-6-5-9-16(17)26(27,28)29)13-15(21)23(36)34-25-33-18-11-7-8-12-22(18)37-25/h5-14H,3-4H2,1-2H3,(H2,30,31,32)(H,33,34,36). The number of benzene rings is 3. The van der Waals surface area contributed by atoms with E-state index in [-0.39, 0.29) is 17.5 Å². The number of alkyl halides is 3. The van der Waals surface area contributed by atoms with Gasteiger partial charge in [-0.1, -0.05) is 35.6 Å². The monoisotopic (exact) mass is 524 g/mol. The molecule has 0 aliphatic carbocycles. The van der Waals surface area contributed by atoms with Crippen LogP contribution in [-0.4, -0.2) is 33.9 Å². The normalized spacial score (nSPS) is 11.7. The molecule has 0 atom stereocenters. The molecule has 2 heterocycles. The molecule has 0 radical (unpaired) electrons. The fraction of sp³-hybridized carbons (Fsp3) is 0.192. The third-order valence-corrected chi connectivity index (χ3v) is 6.90. The number of hydrogen-bond acceptors (Lipinski definition) is 6. The summed E-state index contributed by atoms with van der Waals surface area (Å²) in [6.07, 6.45) is -4.52. The Labute approximate surface area is 214 Å². The van der Waals surface area contributed by atoms with Gasteiger partial charge in [0.25, 0.3) is 5.91 Å². The summed E-state index contributed by atoms with van der Waals surface area (Å²) in [5.74, 6) is -0.205. The third kappa shape index (κ3) is 4.94. The molecule has 5 aromatic rings. The van der Waals surface area contributed by atoms with Crippen molar-refractivity contribution in [2.75, 3.05) is 28.6 Å². The molecule has 3 aromatic carbocycles. The Morgan fingerprint density at radius 3 is 2.46 bits per heavy atom. The van der Waals surface area contributed by atoms with Crippen LogP contribution in [0.3, 0.4) is 0 Å². The smallest absolute Gasteiger partial charge is 0.371 e. The van der Waals surface area contributed by atoms with Crippen LogP contribution in [-0.2, 0) is 6.18 Å². The number of anilines is 4. The second kappa shape index (κ2) is 9.74. The fourth-order valence-corrected chi connectivity index (χ4v) is 5.03. The summed E-state index contributed by atoms with van der Waals surface area (Å²) in [4.78, 5) is 27.4. The number of amides is 1. The third-order valence-electron chi connectivity index (χ3n) is 5.95. The van der Waals surface area contributed by atoms with E-state index in [2.05, 4.69) is 25.6 Å². The molecule has 0 unspecified atom stereocenters. The Hall–Kier alpha value is -4.12. The number of imidazole rings is 1. The number of aromatic nitrogens is 3. The SMILES string of the molecule is CCN(CC)c1cc2[nH]c(Nc3ccccc3C(F)(F)F)nc2cc1C(=O)Nc1nc2ccccc2s1. The highest BCUT2D eigenvalue weighted by molar-refractivity contribution is 7.22. The average molecular weight is 525 g/mol. The lowest BCUT2D eigenvalue weighted by molar-refractivity contribution is -0.136. The van der Waals surface area contributed by atoms with E-state index in [1.165, 1.54) is 29.5 Å². The second-order valence-electron chi connectivity index (χ2n) is 8.25. The van der Waals surface area contributed by atoms with Gasteiger partial charge in [0, 0.05) is 13.1 Å². The van der Waals surface area contributed by atoms with Crippen LogP contribution in [0.25, 0.3) is 21.3 Å². The number of halogens is 3. The van der Waals surface area contributed by atoms with E-state index in [4.69, 9.17) is 0 Å². The predicted molar refractivity (Wildman–Crippen MR) is 142 cm³/mol. The minimum atomic E-state index is -4.52. The van der Waals surface area contributed by atoms with Gasteiger partial charge in [0.05, 0.1) is 43.8 Å². The molecule has 1 amide bonds. The van der Waals surface area contributed by atoms with Crippen molar-refractivity contribution in [1.82, 2.24) is 15.0 Å². The van der Waals surface area contributed by atoms with Crippen molar-refractivity contribution in [2.45, 2.75) is 20.0 Å². The second-order valence-corrected chi connectivity index (χ2v) is 9.28. The number of fused-ring (bicyclic) bond motifs is 2. The Kier molecular flexibility index (Phi) is 6.46. The molecule has 7 nitrogen and oxygen atoms in total. The van der Waals surface area contributed by atoms with Crippen LogP contribution in [0.2, 0.25) is 0 Å². The molecular formula is C26H23F3N6OS. The van der Waals surface area contributed by atoms with E-state index < -0.39 is 11.7 Å². The Balaban J connectivity index is 1.52. The van der Waals surface area contributed by atoms with Crippen LogP contribution in [0.15, 0.2) is 60.7 Å². The van der Waals surface area contributed by atoms with Gasteiger partial charge in [0.2, 0.25) is 5.95 Å². The highest BCUT2D eigenvalue weighted by Gasteiger charge is 2.33. The van der Waals surface area contributed by atoms with Crippen LogP contribution in [0.5, 0.6) is 0 Å². The van der Waals surface area contributed by atoms with Crippen LogP contribution >= 0.6 is 11.3 Å². The molecule has 0 bridgehead atoms. The summed E-state index contributed by atoms with van der Waals surface area (Å²) < 4.78 is 41.3. The van der Waals surface area contributed by atoms with Crippen molar-refractivity contribution >= 4 is 60.9 Å². The van der Waals surface area contributed by atoms with Gasteiger partial charge >= 0.3 is 6.18 Å². The first kappa shape index (κ1) is 24.6. The van der Waals surface area contributed by atoms with Crippen LogP contribution in [0.1, 0.15) is 29.8 Å². The van der Waals surface area contributed by atoms with Gasteiger partial charge < -0.3 is 15.2 Å². The number of nitrogens with zero attached hydrogens (tertiary/aromatic N) is 3. The maximum atomic E-state index is 13.4. The Bertz CT molecular complexity index is 1560. The highest BCUT2D eigenvalue weighted by Crippen LogP contribution is 2.36. The summed E-state index contributed by atoms with van der Waals surface area (Å²) in [5, 5.41) is 6.11. The topological polar surface area (TPSA) is 85.9 Å². The quantitative estimate of drug-likeness (QED) is 0.213. The zero-order valence-electron chi connectivity index (χ0n) is 20.0. The maximum Gasteiger partial charge on any atom is 0.418 e. The number of carbonyl (C=O) groups excluding carboxylic acids is 1. The lowest BCUT2D eigenvalue weighted by Gasteiger charge is -2.23. The molecule has 3 N–H and O–H groups in total. The van der Waals surface area contributed by atoms with Crippen molar-refractivity contribution < 1.29 is 18.0 Å². The van der Waals surface area contributed by atoms with Crippen LogP contribution in [0, 0.1) is 0 Å². The minimum absolute atomic E-state index is 0.119. The average Bonchev–Trinajstić information content (AvgIpc) is 3.46. The first-order chi connectivity index (χ1) is 17.8. The first-order valence-corrected chi connectivity index (χ1v) is 12.5. The van der Waals surface area contributed by atoms with E-state index in [1.807, 2.05) is 43.0 Å².